The average Bonchev–Trinajstić information content (AvgIpc) is 3.57. The van der Waals surface area contributed by atoms with E-state index in [1.165, 1.54) is 16.8 Å². The second-order valence-corrected chi connectivity index (χ2v) is 10.1. The minimum absolute atomic E-state index is 0.0644. The summed E-state index contributed by atoms with van der Waals surface area (Å²) in [4.78, 5) is 1.87. The number of rotatable bonds is 7. The number of nitriles is 1. The Balaban J connectivity index is 1.32. The molecule has 4 atom stereocenters. The van der Waals surface area contributed by atoms with Crippen molar-refractivity contribution in [2.24, 2.45) is 0 Å². The Labute approximate surface area is 202 Å². The van der Waals surface area contributed by atoms with Crippen LogP contribution in [0.2, 0.25) is 0 Å². The summed E-state index contributed by atoms with van der Waals surface area (Å²) in [6, 6.07) is 14.5. The molecule has 2 saturated heterocycles. The number of tetrazole rings is 1. The van der Waals surface area contributed by atoms with E-state index in [4.69, 9.17) is 14.2 Å². The summed E-state index contributed by atoms with van der Waals surface area (Å²) in [7, 11) is -0.103. The summed E-state index contributed by atoms with van der Waals surface area (Å²) in [5.41, 5.74) is 1.02. The Kier molecular flexibility index (Phi) is 6.12. The first-order valence-corrected chi connectivity index (χ1v) is 12.3. The van der Waals surface area contributed by atoms with Crippen molar-refractivity contribution >= 4 is 15.7 Å². The fourth-order valence-corrected chi connectivity index (χ4v) is 5.63. The van der Waals surface area contributed by atoms with Crippen LogP contribution >= 0.6 is 0 Å². The number of ether oxygens (including phenoxy) is 3. The van der Waals surface area contributed by atoms with Crippen LogP contribution in [0.25, 0.3) is 0 Å². The van der Waals surface area contributed by atoms with Crippen LogP contribution in [0.3, 0.4) is 0 Å². The summed E-state index contributed by atoms with van der Waals surface area (Å²) in [5, 5.41) is 21.1. The van der Waals surface area contributed by atoms with Crippen molar-refractivity contribution in [3.05, 3.63) is 54.1 Å². The molecule has 3 heterocycles. The van der Waals surface area contributed by atoms with Gasteiger partial charge in [-0.15, -0.1) is 0 Å². The van der Waals surface area contributed by atoms with Gasteiger partial charge in [0.15, 0.2) is 0 Å². The number of hydrogen-bond donors (Lipinski definition) is 1. The number of nitrogens with zero attached hydrogens (tertiary/aromatic N) is 6. The number of anilines is 1. The van der Waals surface area contributed by atoms with Gasteiger partial charge in [-0.25, -0.2) is 13.1 Å². The molecule has 2 aliphatic heterocycles. The molecule has 0 radical (unpaired) electrons. The Bertz CT molecular complexity index is 1370. The molecule has 12 nitrogen and oxygen atoms in total. The fourth-order valence-electron chi connectivity index (χ4n) is 4.24. The lowest BCUT2D eigenvalue weighted by molar-refractivity contribution is 0.0615. The van der Waals surface area contributed by atoms with Gasteiger partial charge in [0.2, 0.25) is 10.0 Å². The second-order valence-electron chi connectivity index (χ2n) is 8.40. The molecule has 2 aliphatic rings. The van der Waals surface area contributed by atoms with Crippen LogP contribution in [-0.4, -0.2) is 74.2 Å². The molecule has 0 saturated carbocycles. The molecule has 1 N–H and O–H groups in total. The van der Waals surface area contributed by atoms with Crippen molar-refractivity contribution in [3.63, 3.8) is 0 Å². The SMILES string of the molecule is CN(C)c1cccc(Oc2nnnn2C2COC3C(NS(=O)(=O)c4ccccc4C#N)COC32)c1. The third-order valence-corrected chi connectivity index (χ3v) is 7.50. The molecule has 0 amide bonds. The number of sulfonamides is 1. The normalized spacial score (nSPS) is 23.6. The molecule has 182 valence electrons. The first-order valence-electron chi connectivity index (χ1n) is 10.8. The highest BCUT2D eigenvalue weighted by Crippen LogP contribution is 2.36. The van der Waals surface area contributed by atoms with Gasteiger partial charge in [0, 0.05) is 25.8 Å². The highest BCUT2D eigenvalue weighted by Gasteiger charge is 2.51. The molecule has 0 bridgehead atoms. The van der Waals surface area contributed by atoms with Crippen LogP contribution in [0.1, 0.15) is 11.6 Å². The highest BCUT2D eigenvalue weighted by atomic mass is 32.2. The summed E-state index contributed by atoms with van der Waals surface area (Å²) in [5.74, 6) is 0.567. The van der Waals surface area contributed by atoms with E-state index in [1.54, 1.807) is 18.2 Å². The Morgan fingerprint density at radius 3 is 2.74 bits per heavy atom. The molecule has 4 unspecified atom stereocenters. The van der Waals surface area contributed by atoms with E-state index in [0.29, 0.717) is 5.75 Å². The van der Waals surface area contributed by atoms with Crippen molar-refractivity contribution in [1.82, 2.24) is 24.9 Å². The van der Waals surface area contributed by atoms with Gasteiger partial charge in [0.05, 0.1) is 29.7 Å². The molecule has 5 rings (SSSR count). The second kappa shape index (κ2) is 9.23. The molecule has 0 aliphatic carbocycles. The zero-order valence-corrected chi connectivity index (χ0v) is 19.8. The van der Waals surface area contributed by atoms with Crippen molar-refractivity contribution in [3.8, 4) is 17.8 Å². The van der Waals surface area contributed by atoms with E-state index in [1.807, 2.05) is 43.3 Å². The topological polar surface area (TPSA) is 144 Å². The van der Waals surface area contributed by atoms with Gasteiger partial charge in [-0.1, -0.05) is 23.3 Å². The number of benzene rings is 2. The van der Waals surface area contributed by atoms with Crippen molar-refractivity contribution in [1.29, 1.82) is 5.26 Å². The largest absolute Gasteiger partial charge is 0.423 e. The Morgan fingerprint density at radius 2 is 1.94 bits per heavy atom. The monoisotopic (exact) mass is 497 g/mol. The van der Waals surface area contributed by atoms with Gasteiger partial charge in [0.25, 0.3) is 0 Å². The number of fused-ring (bicyclic) bond motifs is 1. The first-order chi connectivity index (χ1) is 16.9. The average molecular weight is 498 g/mol. The lowest BCUT2D eigenvalue weighted by Gasteiger charge is -2.18. The third-order valence-electron chi connectivity index (χ3n) is 5.95. The maximum atomic E-state index is 13.0. The van der Waals surface area contributed by atoms with E-state index < -0.39 is 34.3 Å². The molecular formula is C22H23N7O5S. The summed E-state index contributed by atoms with van der Waals surface area (Å²) < 4.78 is 47.8. The Hall–Kier alpha value is -3.57. The zero-order chi connectivity index (χ0) is 24.6. The molecular weight excluding hydrogens is 474 g/mol. The van der Waals surface area contributed by atoms with Crippen molar-refractivity contribution < 1.29 is 22.6 Å². The maximum Gasteiger partial charge on any atom is 0.341 e. The van der Waals surface area contributed by atoms with Gasteiger partial charge in [-0.3, -0.25) is 0 Å². The van der Waals surface area contributed by atoms with Gasteiger partial charge in [0.1, 0.15) is 30.1 Å². The quantitative estimate of drug-likeness (QED) is 0.503. The van der Waals surface area contributed by atoms with Gasteiger partial charge >= 0.3 is 6.01 Å². The molecule has 2 fully saturated rings. The first kappa shape index (κ1) is 23.2. The molecule has 13 heteroatoms. The molecule has 2 aromatic carbocycles. The zero-order valence-electron chi connectivity index (χ0n) is 19.0. The predicted molar refractivity (Wildman–Crippen MR) is 122 cm³/mol. The van der Waals surface area contributed by atoms with Crippen LogP contribution in [0.5, 0.6) is 11.8 Å². The van der Waals surface area contributed by atoms with Crippen LogP contribution in [0.15, 0.2) is 53.4 Å². The minimum atomic E-state index is -3.96. The highest BCUT2D eigenvalue weighted by molar-refractivity contribution is 7.89. The number of hydrogen-bond acceptors (Lipinski definition) is 10. The van der Waals surface area contributed by atoms with Gasteiger partial charge < -0.3 is 19.1 Å². The summed E-state index contributed by atoms with van der Waals surface area (Å²) in [6.07, 6.45) is -1.05. The van der Waals surface area contributed by atoms with Crippen molar-refractivity contribution in [2.75, 3.05) is 32.2 Å². The van der Waals surface area contributed by atoms with Crippen LogP contribution in [0, 0.1) is 11.3 Å². The van der Waals surface area contributed by atoms with E-state index in [0.717, 1.165) is 5.69 Å². The molecule has 1 aromatic heterocycles. The number of nitrogens with one attached hydrogen (secondary N) is 1. The molecule has 35 heavy (non-hydrogen) atoms. The molecule has 0 spiro atoms. The van der Waals surface area contributed by atoms with E-state index in [2.05, 4.69) is 20.2 Å². The maximum absolute atomic E-state index is 13.0. The lowest BCUT2D eigenvalue weighted by Crippen LogP contribution is -2.44. The smallest absolute Gasteiger partial charge is 0.341 e. The predicted octanol–water partition coefficient (Wildman–Crippen LogP) is 1.09. The van der Waals surface area contributed by atoms with E-state index in [9.17, 15) is 13.7 Å². The Morgan fingerprint density at radius 1 is 1.14 bits per heavy atom. The van der Waals surface area contributed by atoms with Crippen LogP contribution in [0.4, 0.5) is 5.69 Å². The van der Waals surface area contributed by atoms with Crippen molar-refractivity contribution in [2.45, 2.75) is 29.2 Å². The van der Waals surface area contributed by atoms with Crippen LogP contribution < -0.4 is 14.4 Å². The van der Waals surface area contributed by atoms with Gasteiger partial charge in [-0.05, 0) is 34.7 Å². The fraction of sp³-hybridized carbons (Fsp3) is 0.364. The van der Waals surface area contributed by atoms with Gasteiger partial charge in [-0.2, -0.15) is 9.94 Å². The van der Waals surface area contributed by atoms with Crippen LogP contribution in [-0.2, 0) is 19.5 Å². The standard InChI is InChI=1S/C22H23N7O5S/c1-28(2)15-7-5-8-16(10-15)34-22-24-26-27-29(22)18-13-33-20-17(12-32-21(18)20)25-35(30,31)19-9-4-3-6-14(19)11-23/h3-10,17-18,20-21,25H,12-13H2,1-2H3. The summed E-state index contributed by atoms with van der Waals surface area (Å²) in [6.45, 7) is 0.310. The summed E-state index contributed by atoms with van der Waals surface area (Å²) >= 11 is 0. The minimum Gasteiger partial charge on any atom is -0.423 e. The third kappa shape index (κ3) is 4.44. The molecule has 3 aromatic rings. The van der Waals surface area contributed by atoms with E-state index in [-0.39, 0.29) is 29.7 Å². The number of aromatic nitrogens is 4. The van der Waals surface area contributed by atoms with E-state index >= 15 is 0 Å². The lowest BCUT2D eigenvalue weighted by atomic mass is 10.1.